The van der Waals surface area contributed by atoms with Crippen LogP contribution in [0.3, 0.4) is 0 Å². The first-order valence-electron chi connectivity index (χ1n) is 9.08. The number of hydrogen-bond acceptors (Lipinski definition) is 4. The Bertz CT molecular complexity index is 826. The zero-order chi connectivity index (χ0) is 20.5. The van der Waals surface area contributed by atoms with Crippen molar-refractivity contribution >= 4 is 33.4 Å². The van der Waals surface area contributed by atoms with E-state index in [0.717, 1.165) is 6.42 Å². The van der Waals surface area contributed by atoms with Crippen molar-refractivity contribution in [3.05, 3.63) is 58.1 Å². The minimum absolute atomic E-state index is 0.0905. The van der Waals surface area contributed by atoms with Gasteiger partial charge in [-0.05, 0) is 65.7 Å². The van der Waals surface area contributed by atoms with Crippen molar-refractivity contribution in [2.24, 2.45) is 0 Å². The van der Waals surface area contributed by atoms with Crippen LogP contribution in [0.4, 0.5) is 5.69 Å². The zero-order valence-corrected chi connectivity index (χ0v) is 17.8. The number of hydrogen-bond donors (Lipinski definition) is 2. The first kappa shape index (κ1) is 21.9. The van der Waals surface area contributed by atoms with E-state index in [-0.39, 0.29) is 17.9 Å². The summed E-state index contributed by atoms with van der Waals surface area (Å²) in [6.07, 6.45) is 0.849. The van der Waals surface area contributed by atoms with Crippen LogP contribution in [0.1, 0.15) is 41.0 Å². The smallest absolute Gasteiger partial charge is 0.255 e. The maximum absolute atomic E-state index is 12.5. The van der Waals surface area contributed by atoms with Crippen molar-refractivity contribution in [1.82, 2.24) is 5.32 Å². The lowest BCUT2D eigenvalue weighted by molar-refractivity contribution is 0.0938. The summed E-state index contributed by atoms with van der Waals surface area (Å²) in [6.45, 7) is 4.86. The van der Waals surface area contributed by atoms with Crippen LogP contribution in [0.15, 0.2) is 46.9 Å². The van der Waals surface area contributed by atoms with E-state index < -0.39 is 0 Å². The highest BCUT2D eigenvalue weighted by Gasteiger charge is 2.12. The number of methoxy groups -OCH3 is 1. The second-order valence-electron chi connectivity index (χ2n) is 6.30. The van der Waals surface area contributed by atoms with E-state index in [1.165, 1.54) is 0 Å². The van der Waals surface area contributed by atoms with E-state index in [4.69, 9.17) is 9.47 Å². The highest BCUT2D eigenvalue weighted by atomic mass is 79.9. The van der Waals surface area contributed by atoms with Crippen LogP contribution in [-0.4, -0.2) is 38.2 Å². The first-order chi connectivity index (χ1) is 13.4. The Morgan fingerprint density at radius 3 is 2.50 bits per heavy atom. The molecule has 0 radical (unpaired) electrons. The minimum Gasteiger partial charge on any atom is -0.490 e. The van der Waals surface area contributed by atoms with Crippen LogP contribution in [0.2, 0.25) is 0 Å². The van der Waals surface area contributed by atoms with Gasteiger partial charge in [-0.15, -0.1) is 0 Å². The molecule has 2 amide bonds. The molecule has 2 rings (SSSR count). The largest absolute Gasteiger partial charge is 0.490 e. The highest BCUT2D eigenvalue weighted by Crippen LogP contribution is 2.26. The Morgan fingerprint density at radius 1 is 1.07 bits per heavy atom. The van der Waals surface area contributed by atoms with Crippen molar-refractivity contribution < 1.29 is 19.1 Å². The molecule has 0 heterocycles. The second kappa shape index (κ2) is 10.8. The lowest BCUT2D eigenvalue weighted by atomic mass is 10.1. The summed E-state index contributed by atoms with van der Waals surface area (Å²) in [6, 6.07) is 12.1. The molecule has 0 aliphatic rings. The van der Waals surface area contributed by atoms with Gasteiger partial charge in [0.05, 0.1) is 11.1 Å². The molecule has 0 aliphatic heterocycles. The number of ether oxygens (including phenoxy) is 2. The number of halogens is 1. The van der Waals surface area contributed by atoms with Gasteiger partial charge in [-0.2, -0.15) is 0 Å². The highest BCUT2D eigenvalue weighted by molar-refractivity contribution is 9.10. The fourth-order valence-electron chi connectivity index (χ4n) is 2.34. The van der Waals surface area contributed by atoms with E-state index in [2.05, 4.69) is 26.6 Å². The molecule has 7 heteroatoms. The average Bonchev–Trinajstić information content (AvgIpc) is 2.69. The molecular weight excluding hydrogens is 424 g/mol. The number of anilines is 1. The summed E-state index contributed by atoms with van der Waals surface area (Å²) in [4.78, 5) is 24.8. The molecule has 1 atom stereocenters. The topological polar surface area (TPSA) is 76.7 Å². The van der Waals surface area contributed by atoms with Gasteiger partial charge in [-0.3, -0.25) is 9.59 Å². The molecule has 28 heavy (non-hydrogen) atoms. The molecule has 0 aliphatic carbocycles. The quantitative estimate of drug-likeness (QED) is 0.561. The number of carbonyl (C=O) groups is 2. The van der Waals surface area contributed by atoms with Gasteiger partial charge in [0.1, 0.15) is 12.4 Å². The van der Waals surface area contributed by atoms with Gasteiger partial charge < -0.3 is 20.1 Å². The molecule has 6 nitrogen and oxygen atoms in total. The summed E-state index contributed by atoms with van der Waals surface area (Å²) < 4.78 is 11.2. The van der Waals surface area contributed by atoms with E-state index in [1.54, 1.807) is 49.6 Å². The molecule has 0 spiro atoms. The van der Waals surface area contributed by atoms with Gasteiger partial charge in [0.25, 0.3) is 11.8 Å². The Hall–Kier alpha value is -2.38. The Labute approximate surface area is 173 Å². The predicted octanol–water partition coefficient (Wildman–Crippen LogP) is 4.25. The van der Waals surface area contributed by atoms with Crippen molar-refractivity contribution in [1.29, 1.82) is 0 Å². The van der Waals surface area contributed by atoms with Crippen molar-refractivity contribution in [3.63, 3.8) is 0 Å². The predicted molar refractivity (Wildman–Crippen MR) is 113 cm³/mol. The van der Waals surface area contributed by atoms with Crippen molar-refractivity contribution in [2.75, 3.05) is 25.6 Å². The summed E-state index contributed by atoms with van der Waals surface area (Å²) >= 11 is 3.41. The van der Waals surface area contributed by atoms with E-state index in [0.29, 0.717) is 40.3 Å². The third kappa shape index (κ3) is 6.35. The summed E-state index contributed by atoms with van der Waals surface area (Å²) in [7, 11) is 1.61. The second-order valence-corrected chi connectivity index (χ2v) is 7.16. The standard InChI is InChI=1S/C21H25BrN2O4/c1-4-14(2)23-20(25)15-6-5-7-17(12-15)24-21(26)16-8-9-19(18(22)13-16)28-11-10-27-3/h5-9,12-14H,4,10-11H2,1-3H3,(H,23,25)(H,24,26). The monoisotopic (exact) mass is 448 g/mol. The Balaban J connectivity index is 2.05. The molecule has 0 bridgehead atoms. The molecule has 150 valence electrons. The van der Waals surface area contributed by atoms with E-state index in [9.17, 15) is 9.59 Å². The first-order valence-corrected chi connectivity index (χ1v) is 9.87. The van der Waals surface area contributed by atoms with Gasteiger partial charge >= 0.3 is 0 Å². The fraction of sp³-hybridized carbons (Fsp3) is 0.333. The number of benzene rings is 2. The Morgan fingerprint density at radius 2 is 1.82 bits per heavy atom. The molecule has 0 fully saturated rings. The normalized spacial score (nSPS) is 11.6. The minimum atomic E-state index is -0.274. The van der Waals surface area contributed by atoms with Crippen LogP contribution in [0.5, 0.6) is 5.75 Å². The third-order valence-electron chi connectivity index (χ3n) is 4.11. The number of carbonyl (C=O) groups excluding carboxylic acids is 2. The molecule has 0 saturated carbocycles. The number of amides is 2. The van der Waals surface area contributed by atoms with E-state index >= 15 is 0 Å². The fourth-order valence-corrected chi connectivity index (χ4v) is 2.84. The van der Waals surface area contributed by atoms with Crippen LogP contribution in [-0.2, 0) is 4.74 Å². The summed E-state index contributed by atoms with van der Waals surface area (Å²) in [5.41, 5.74) is 1.53. The van der Waals surface area contributed by atoms with Gasteiger partial charge in [-0.25, -0.2) is 0 Å². The van der Waals surface area contributed by atoms with Gasteiger partial charge in [0.15, 0.2) is 0 Å². The maximum atomic E-state index is 12.5. The zero-order valence-electron chi connectivity index (χ0n) is 16.3. The number of nitrogens with one attached hydrogen (secondary N) is 2. The molecule has 2 aromatic carbocycles. The van der Waals surface area contributed by atoms with Crippen LogP contribution < -0.4 is 15.4 Å². The van der Waals surface area contributed by atoms with Crippen LogP contribution >= 0.6 is 15.9 Å². The average molecular weight is 449 g/mol. The molecule has 2 N–H and O–H groups in total. The van der Waals surface area contributed by atoms with E-state index in [1.807, 2.05) is 13.8 Å². The number of rotatable bonds is 9. The lowest BCUT2D eigenvalue weighted by Gasteiger charge is -2.13. The van der Waals surface area contributed by atoms with Gasteiger partial charge in [-0.1, -0.05) is 13.0 Å². The molecule has 2 aromatic rings. The summed E-state index contributed by atoms with van der Waals surface area (Å²) in [5, 5.41) is 5.73. The van der Waals surface area contributed by atoms with Gasteiger partial charge in [0.2, 0.25) is 0 Å². The van der Waals surface area contributed by atoms with Crippen molar-refractivity contribution in [2.45, 2.75) is 26.3 Å². The molecule has 0 saturated heterocycles. The van der Waals surface area contributed by atoms with Crippen LogP contribution in [0.25, 0.3) is 0 Å². The summed E-state index contributed by atoms with van der Waals surface area (Å²) in [5.74, 6) is 0.201. The molecule has 0 aromatic heterocycles. The molecular formula is C21H25BrN2O4. The van der Waals surface area contributed by atoms with Crippen molar-refractivity contribution in [3.8, 4) is 5.75 Å². The van der Waals surface area contributed by atoms with Crippen LogP contribution in [0, 0.1) is 0 Å². The Kier molecular flexibility index (Phi) is 8.47. The molecule has 1 unspecified atom stereocenters. The SMILES string of the molecule is CCC(C)NC(=O)c1cccc(NC(=O)c2ccc(OCCOC)c(Br)c2)c1. The lowest BCUT2D eigenvalue weighted by Crippen LogP contribution is -2.31. The maximum Gasteiger partial charge on any atom is 0.255 e. The third-order valence-corrected chi connectivity index (χ3v) is 4.73. The van der Waals surface area contributed by atoms with Gasteiger partial charge in [0, 0.05) is 30.0 Å².